The second kappa shape index (κ2) is 12.5. The van der Waals surface area contributed by atoms with Gasteiger partial charge in [0.1, 0.15) is 0 Å². The lowest BCUT2D eigenvalue weighted by Crippen LogP contribution is -2.59. The molecule has 42 heavy (non-hydrogen) atoms. The summed E-state index contributed by atoms with van der Waals surface area (Å²) in [6.45, 7) is 5.80. The van der Waals surface area contributed by atoms with Gasteiger partial charge in [0.2, 0.25) is 0 Å². The van der Waals surface area contributed by atoms with Crippen LogP contribution in [0, 0.1) is 10.8 Å². The van der Waals surface area contributed by atoms with Crippen LogP contribution in [-0.2, 0) is 37.9 Å². The fourth-order valence-corrected chi connectivity index (χ4v) is 8.46. The van der Waals surface area contributed by atoms with Gasteiger partial charge in [-0.15, -0.1) is 0 Å². The largest absolute Gasteiger partial charge is 0.349 e. The van der Waals surface area contributed by atoms with Crippen LogP contribution in [-0.4, -0.2) is 76.0 Å². The fraction of sp³-hybridized carbons (Fsp3) is 1.00. The molecule has 4 heterocycles. The molecule has 0 amide bonds. The van der Waals surface area contributed by atoms with Gasteiger partial charge >= 0.3 is 0 Å². The molecule has 0 N–H and O–H groups in total. The number of rotatable bonds is 0. The summed E-state index contributed by atoms with van der Waals surface area (Å²) in [5, 5.41) is 0. The van der Waals surface area contributed by atoms with Crippen LogP contribution in [0.5, 0.6) is 0 Å². The molecule has 8 rings (SSSR count). The van der Waals surface area contributed by atoms with Gasteiger partial charge in [-0.1, -0.05) is 25.7 Å². The van der Waals surface area contributed by atoms with Crippen LogP contribution in [0.2, 0.25) is 0 Å². The van der Waals surface area contributed by atoms with Crippen LogP contribution in [0.4, 0.5) is 0 Å². The maximum atomic E-state index is 6.19. The summed E-state index contributed by atoms with van der Waals surface area (Å²) in [6, 6.07) is 0. The molecule has 8 heteroatoms. The Morgan fingerprint density at radius 3 is 0.548 bits per heavy atom. The highest BCUT2D eigenvalue weighted by molar-refractivity contribution is 4.93. The molecule has 0 aromatic rings. The SMILES string of the molecule is C1CCC2(CC1)OCC1(CO2)COC2(CCCCC2)OC1.C1CCC2(CC1)OCC1(CO2)COC2(CCCCC2)OC1. The third kappa shape index (κ3) is 6.48. The summed E-state index contributed by atoms with van der Waals surface area (Å²) in [5.41, 5.74) is -0.156. The third-order valence-electron chi connectivity index (χ3n) is 11.6. The van der Waals surface area contributed by atoms with Crippen molar-refractivity contribution in [2.24, 2.45) is 10.8 Å². The first-order valence-electron chi connectivity index (χ1n) is 17.6. The van der Waals surface area contributed by atoms with Crippen LogP contribution in [0.15, 0.2) is 0 Å². The Labute approximate surface area is 253 Å². The van der Waals surface area contributed by atoms with Crippen molar-refractivity contribution >= 4 is 0 Å². The Kier molecular flexibility index (Phi) is 9.01. The van der Waals surface area contributed by atoms with E-state index in [-0.39, 0.29) is 34.0 Å². The second-order valence-corrected chi connectivity index (χ2v) is 15.2. The molecule has 0 unspecified atom stereocenters. The van der Waals surface area contributed by atoms with Crippen LogP contribution in [0.1, 0.15) is 128 Å². The molecule has 0 radical (unpaired) electrons. The van der Waals surface area contributed by atoms with E-state index in [1.54, 1.807) is 0 Å². The van der Waals surface area contributed by atoms with Crippen molar-refractivity contribution in [3.05, 3.63) is 0 Å². The van der Waals surface area contributed by atoms with Crippen molar-refractivity contribution in [1.82, 2.24) is 0 Å². The van der Waals surface area contributed by atoms with Crippen molar-refractivity contribution < 1.29 is 37.9 Å². The lowest BCUT2D eigenvalue weighted by atomic mass is 9.85. The summed E-state index contributed by atoms with van der Waals surface area (Å²) >= 11 is 0. The number of hydrogen-bond donors (Lipinski definition) is 0. The molecule has 6 spiro atoms. The summed E-state index contributed by atoms with van der Waals surface area (Å²) < 4.78 is 49.5. The van der Waals surface area contributed by atoms with E-state index in [1.807, 2.05) is 0 Å². The molecule has 8 aliphatic rings. The molecular weight excluding hydrogens is 536 g/mol. The molecule has 8 fully saturated rings. The maximum absolute atomic E-state index is 6.19. The highest BCUT2D eigenvalue weighted by Crippen LogP contribution is 2.46. The minimum atomic E-state index is -0.288. The van der Waals surface area contributed by atoms with E-state index in [4.69, 9.17) is 37.9 Å². The smallest absolute Gasteiger partial charge is 0.168 e. The standard InChI is InChI=1S/2C17H28O4/c2*1-3-7-16(8-4-1)18-11-15(12-19-16)13-20-17(21-14-15)9-5-2-6-10-17/h2*1-14H2. The zero-order chi connectivity index (χ0) is 28.5. The monoisotopic (exact) mass is 592 g/mol. The van der Waals surface area contributed by atoms with E-state index in [9.17, 15) is 0 Å². The van der Waals surface area contributed by atoms with Crippen molar-refractivity contribution in [3.63, 3.8) is 0 Å². The van der Waals surface area contributed by atoms with Gasteiger partial charge in [0, 0.05) is 51.4 Å². The molecule has 4 aliphatic heterocycles. The van der Waals surface area contributed by atoms with Crippen molar-refractivity contribution in [3.8, 4) is 0 Å². The Balaban J connectivity index is 0.000000137. The Morgan fingerprint density at radius 2 is 0.381 bits per heavy atom. The number of hydrogen-bond acceptors (Lipinski definition) is 8. The zero-order valence-electron chi connectivity index (χ0n) is 26.1. The average molecular weight is 593 g/mol. The predicted octanol–water partition coefficient (Wildman–Crippen LogP) is 6.77. The van der Waals surface area contributed by atoms with Gasteiger partial charge in [-0.25, -0.2) is 0 Å². The molecule has 0 bridgehead atoms. The fourth-order valence-electron chi connectivity index (χ4n) is 8.46. The minimum absolute atomic E-state index is 0.0780. The van der Waals surface area contributed by atoms with Gasteiger partial charge in [-0.05, 0) is 51.4 Å². The minimum Gasteiger partial charge on any atom is -0.349 e. The highest BCUT2D eigenvalue weighted by Gasteiger charge is 2.52. The first kappa shape index (κ1) is 30.3. The van der Waals surface area contributed by atoms with Crippen LogP contribution in [0.3, 0.4) is 0 Å². The summed E-state index contributed by atoms with van der Waals surface area (Å²) in [5.74, 6) is -1.15. The van der Waals surface area contributed by atoms with Gasteiger partial charge in [-0.2, -0.15) is 0 Å². The van der Waals surface area contributed by atoms with Gasteiger partial charge in [0.05, 0.1) is 63.7 Å². The molecular formula is C34H56O8. The van der Waals surface area contributed by atoms with E-state index in [0.29, 0.717) is 0 Å². The molecule has 0 aromatic carbocycles. The Morgan fingerprint density at radius 1 is 0.214 bits per heavy atom. The van der Waals surface area contributed by atoms with Gasteiger partial charge < -0.3 is 37.9 Å². The first-order valence-corrected chi connectivity index (χ1v) is 17.6. The van der Waals surface area contributed by atoms with Crippen molar-refractivity contribution in [2.45, 2.75) is 152 Å². The number of ether oxygens (including phenoxy) is 8. The Bertz CT molecular complexity index is 691. The second-order valence-electron chi connectivity index (χ2n) is 15.2. The lowest BCUT2D eigenvalue weighted by molar-refractivity contribution is -0.376. The van der Waals surface area contributed by atoms with Crippen LogP contribution >= 0.6 is 0 Å². The average Bonchev–Trinajstić information content (AvgIpc) is 3.06. The molecule has 240 valence electrons. The van der Waals surface area contributed by atoms with E-state index >= 15 is 0 Å². The van der Waals surface area contributed by atoms with Gasteiger partial charge in [-0.3, -0.25) is 0 Å². The van der Waals surface area contributed by atoms with Gasteiger partial charge in [0.25, 0.3) is 0 Å². The van der Waals surface area contributed by atoms with E-state index in [1.165, 1.54) is 77.0 Å². The first-order chi connectivity index (χ1) is 20.5. The third-order valence-corrected chi connectivity index (χ3v) is 11.6. The van der Waals surface area contributed by atoms with E-state index in [2.05, 4.69) is 0 Å². The summed E-state index contributed by atoms with van der Waals surface area (Å²) in [4.78, 5) is 0. The highest BCUT2D eigenvalue weighted by atomic mass is 16.7. The quantitative estimate of drug-likeness (QED) is 0.305. The summed E-state index contributed by atoms with van der Waals surface area (Å²) in [7, 11) is 0. The van der Waals surface area contributed by atoms with Crippen LogP contribution in [0.25, 0.3) is 0 Å². The van der Waals surface area contributed by atoms with Crippen molar-refractivity contribution in [1.29, 1.82) is 0 Å². The molecule has 0 aromatic heterocycles. The zero-order valence-corrected chi connectivity index (χ0v) is 26.1. The normalized spacial score (nSPS) is 34.3. The van der Waals surface area contributed by atoms with Crippen LogP contribution < -0.4 is 0 Å². The topological polar surface area (TPSA) is 73.8 Å². The predicted molar refractivity (Wildman–Crippen MR) is 156 cm³/mol. The molecule has 8 nitrogen and oxygen atoms in total. The van der Waals surface area contributed by atoms with E-state index < -0.39 is 0 Å². The Hall–Kier alpha value is -0.320. The maximum Gasteiger partial charge on any atom is 0.168 e. The van der Waals surface area contributed by atoms with E-state index in [0.717, 1.165) is 104 Å². The van der Waals surface area contributed by atoms with Crippen molar-refractivity contribution in [2.75, 3.05) is 52.9 Å². The molecule has 4 saturated carbocycles. The summed E-state index contributed by atoms with van der Waals surface area (Å²) in [6.07, 6.45) is 23.5. The lowest BCUT2D eigenvalue weighted by Gasteiger charge is -2.52. The van der Waals surface area contributed by atoms with Gasteiger partial charge in [0.15, 0.2) is 23.1 Å². The molecule has 4 aliphatic carbocycles. The molecule has 4 saturated heterocycles. The molecule has 0 atom stereocenters.